The number of allylic oxidation sites excluding steroid dienone is 1. The molecule has 0 aliphatic rings. The summed E-state index contributed by atoms with van der Waals surface area (Å²) in [4.78, 5) is 0. The summed E-state index contributed by atoms with van der Waals surface area (Å²) in [6.07, 6.45) is 1.96. The molecule has 2 nitrogen and oxygen atoms in total. The van der Waals surface area contributed by atoms with Gasteiger partial charge in [0.05, 0.1) is 0 Å². The van der Waals surface area contributed by atoms with Gasteiger partial charge in [-0.1, -0.05) is 50.3 Å². The average Bonchev–Trinajstić information content (AvgIpc) is 2.38. The Labute approximate surface area is 120 Å². The van der Waals surface area contributed by atoms with Crippen molar-refractivity contribution in [3.05, 3.63) is 59.2 Å². The Morgan fingerprint density at radius 2 is 1.55 bits per heavy atom. The Balaban J connectivity index is 2.40. The standard InChI is InChI=1S/C18H20O2/c1-12(2)18-16(19)10-14(11-17(18)20)9-13(3)15-7-5-4-6-8-15/h4-12,19-20H,1-3H3/b13-9+. The molecule has 2 N–H and O–H groups in total. The fourth-order valence-corrected chi connectivity index (χ4v) is 2.35. The zero-order valence-electron chi connectivity index (χ0n) is 12.1. The van der Waals surface area contributed by atoms with Crippen LogP contribution in [0.3, 0.4) is 0 Å². The molecular weight excluding hydrogens is 248 g/mol. The summed E-state index contributed by atoms with van der Waals surface area (Å²) in [5, 5.41) is 20.1. The SMILES string of the molecule is C/C(=C\c1cc(O)c(C(C)C)c(O)c1)c1ccccc1. The molecule has 0 saturated heterocycles. The van der Waals surface area contributed by atoms with E-state index < -0.39 is 0 Å². The van der Waals surface area contributed by atoms with E-state index in [1.54, 1.807) is 12.1 Å². The van der Waals surface area contributed by atoms with Gasteiger partial charge in [-0.25, -0.2) is 0 Å². The molecule has 0 atom stereocenters. The molecule has 0 spiro atoms. The topological polar surface area (TPSA) is 40.5 Å². The van der Waals surface area contributed by atoms with Crippen LogP contribution in [0.4, 0.5) is 0 Å². The van der Waals surface area contributed by atoms with E-state index in [2.05, 4.69) is 0 Å². The largest absolute Gasteiger partial charge is 0.507 e. The maximum Gasteiger partial charge on any atom is 0.123 e. The molecule has 0 unspecified atom stereocenters. The van der Waals surface area contributed by atoms with Gasteiger partial charge in [0, 0.05) is 5.56 Å². The Hall–Kier alpha value is -2.22. The lowest BCUT2D eigenvalue weighted by Gasteiger charge is -2.12. The van der Waals surface area contributed by atoms with Crippen LogP contribution in [0.25, 0.3) is 11.6 Å². The Morgan fingerprint density at radius 1 is 1.00 bits per heavy atom. The molecule has 0 aromatic heterocycles. The fourth-order valence-electron chi connectivity index (χ4n) is 2.35. The van der Waals surface area contributed by atoms with Gasteiger partial charge in [0.15, 0.2) is 0 Å². The predicted octanol–water partition coefficient (Wildman–Crippen LogP) is 4.78. The molecule has 2 rings (SSSR count). The van der Waals surface area contributed by atoms with Gasteiger partial charge < -0.3 is 10.2 Å². The van der Waals surface area contributed by atoms with E-state index in [1.165, 1.54) is 0 Å². The van der Waals surface area contributed by atoms with E-state index in [-0.39, 0.29) is 17.4 Å². The first-order valence-electron chi connectivity index (χ1n) is 6.78. The van der Waals surface area contributed by atoms with Gasteiger partial charge >= 0.3 is 0 Å². The van der Waals surface area contributed by atoms with Gasteiger partial charge in [-0.05, 0) is 41.7 Å². The lowest BCUT2D eigenvalue weighted by molar-refractivity contribution is 0.433. The molecule has 2 aromatic rings. The van der Waals surface area contributed by atoms with Crippen molar-refractivity contribution in [2.24, 2.45) is 0 Å². The van der Waals surface area contributed by atoms with Crippen LogP contribution in [-0.4, -0.2) is 10.2 Å². The number of phenolic OH excluding ortho intramolecular Hbond substituents is 2. The van der Waals surface area contributed by atoms with E-state index in [4.69, 9.17) is 0 Å². The van der Waals surface area contributed by atoms with E-state index in [9.17, 15) is 10.2 Å². The van der Waals surface area contributed by atoms with Crippen LogP contribution in [0, 0.1) is 0 Å². The molecule has 0 saturated carbocycles. The molecule has 2 aromatic carbocycles. The number of rotatable bonds is 3. The minimum absolute atomic E-state index is 0.0863. The lowest BCUT2D eigenvalue weighted by atomic mass is 9.97. The first kappa shape index (κ1) is 14.2. The molecule has 20 heavy (non-hydrogen) atoms. The fraction of sp³-hybridized carbons (Fsp3) is 0.222. The minimum Gasteiger partial charge on any atom is -0.507 e. The highest BCUT2D eigenvalue weighted by Crippen LogP contribution is 2.35. The summed E-state index contributed by atoms with van der Waals surface area (Å²) in [7, 11) is 0. The number of phenols is 2. The van der Waals surface area contributed by atoms with Crippen molar-refractivity contribution >= 4 is 11.6 Å². The summed E-state index contributed by atoms with van der Waals surface area (Å²) < 4.78 is 0. The third-order valence-electron chi connectivity index (χ3n) is 3.35. The van der Waals surface area contributed by atoms with Crippen molar-refractivity contribution in [1.29, 1.82) is 0 Å². The second kappa shape index (κ2) is 5.83. The zero-order valence-corrected chi connectivity index (χ0v) is 12.1. The zero-order chi connectivity index (χ0) is 14.7. The second-order valence-electron chi connectivity index (χ2n) is 5.32. The summed E-state index contributed by atoms with van der Waals surface area (Å²) in [6, 6.07) is 13.4. The Morgan fingerprint density at radius 3 is 2.05 bits per heavy atom. The summed E-state index contributed by atoms with van der Waals surface area (Å²) in [5.74, 6) is 0.377. The highest BCUT2D eigenvalue weighted by atomic mass is 16.3. The van der Waals surface area contributed by atoms with Crippen molar-refractivity contribution < 1.29 is 10.2 Å². The minimum atomic E-state index is 0.0863. The molecule has 2 heteroatoms. The molecular formula is C18H20O2. The molecule has 0 amide bonds. The first-order valence-corrected chi connectivity index (χ1v) is 6.78. The van der Waals surface area contributed by atoms with Crippen LogP contribution in [0.1, 0.15) is 43.4 Å². The van der Waals surface area contributed by atoms with Gasteiger partial charge in [0.2, 0.25) is 0 Å². The van der Waals surface area contributed by atoms with E-state index >= 15 is 0 Å². The molecule has 0 aliphatic heterocycles. The van der Waals surface area contributed by atoms with Gasteiger partial charge in [-0.15, -0.1) is 0 Å². The summed E-state index contributed by atoms with van der Waals surface area (Å²) >= 11 is 0. The number of hydrogen-bond acceptors (Lipinski definition) is 2. The van der Waals surface area contributed by atoms with Crippen molar-refractivity contribution in [2.45, 2.75) is 26.7 Å². The van der Waals surface area contributed by atoms with Crippen LogP contribution >= 0.6 is 0 Å². The number of aromatic hydroxyl groups is 2. The Kier molecular flexibility index (Phi) is 4.14. The smallest absolute Gasteiger partial charge is 0.123 e. The highest BCUT2D eigenvalue weighted by molar-refractivity contribution is 5.81. The summed E-state index contributed by atoms with van der Waals surface area (Å²) in [5.41, 5.74) is 3.60. The van der Waals surface area contributed by atoms with Crippen molar-refractivity contribution in [1.82, 2.24) is 0 Å². The lowest BCUT2D eigenvalue weighted by Crippen LogP contribution is -1.90. The van der Waals surface area contributed by atoms with Crippen molar-refractivity contribution in [3.63, 3.8) is 0 Å². The third-order valence-corrected chi connectivity index (χ3v) is 3.35. The molecule has 0 heterocycles. The van der Waals surface area contributed by atoms with E-state index in [0.29, 0.717) is 5.56 Å². The Bertz CT molecular complexity index is 602. The molecule has 0 bridgehead atoms. The van der Waals surface area contributed by atoms with Crippen LogP contribution in [-0.2, 0) is 0 Å². The monoisotopic (exact) mass is 268 g/mol. The number of benzene rings is 2. The molecule has 0 aliphatic carbocycles. The highest BCUT2D eigenvalue weighted by Gasteiger charge is 2.12. The first-order chi connectivity index (χ1) is 9.49. The second-order valence-corrected chi connectivity index (χ2v) is 5.32. The van der Waals surface area contributed by atoms with E-state index in [0.717, 1.165) is 16.7 Å². The van der Waals surface area contributed by atoms with Crippen LogP contribution in [0.2, 0.25) is 0 Å². The van der Waals surface area contributed by atoms with Crippen LogP contribution < -0.4 is 0 Å². The van der Waals surface area contributed by atoms with Crippen LogP contribution in [0.5, 0.6) is 11.5 Å². The maximum absolute atomic E-state index is 10.0. The van der Waals surface area contributed by atoms with Gasteiger partial charge in [0.1, 0.15) is 11.5 Å². The third kappa shape index (κ3) is 3.02. The normalized spacial score (nSPS) is 11.9. The van der Waals surface area contributed by atoms with Gasteiger partial charge in [0.25, 0.3) is 0 Å². The van der Waals surface area contributed by atoms with E-state index in [1.807, 2.05) is 57.2 Å². The van der Waals surface area contributed by atoms with Gasteiger partial charge in [-0.3, -0.25) is 0 Å². The average molecular weight is 268 g/mol. The predicted molar refractivity (Wildman–Crippen MR) is 83.8 cm³/mol. The molecule has 104 valence electrons. The van der Waals surface area contributed by atoms with Crippen molar-refractivity contribution in [2.75, 3.05) is 0 Å². The van der Waals surface area contributed by atoms with Crippen molar-refractivity contribution in [3.8, 4) is 11.5 Å². The van der Waals surface area contributed by atoms with Gasteiger partial charge in [-0.2, -0.15) is 0 Å². The van der Waals surface area contributed by atoms with Crippen LogP contribution in [0.15, 0.2) is 42.5 Å². The quantitative estimate of drug-likeness (QED) is 0.786. The molecule has 0 fully saturated rings. The molecule has 0 radical (unpaired) electrons. The maximum atomic E-state index is 10.0. The number of hydrogen-bond donors (Lipinski definition) is 2. The summed E-state index contributed by atoms with van der Waals surface area (Å²) in [6.45, 7) is 5.90.